The molecule has 1 aromatic carbocycles. The average molecular weight is 303 g/mol. The zero-order valence-corrected chi connectivity index (χ0v) is 12.6. The van der Waals surface area contributed by atoms with Crippen LogP contribution in [0.25, 0.3) is 0 Å². The third-order valence-electron chi connectivity index (χ3n) is 4.26. The summed E-state index contributed by atoms with van der Waals surface area (Å²) >= 11 is 0. The smallest absolute Gasteiger partial charge is 0.407 e. The summed E-state index contributed by atoms with van der Waals surface area (Å²) in [6.07, 6.45) is 5.45. The van der Waals surface area contributed by atoms with Gasteiger partial charge in [0.05, 0.1) is 31.6 Å². The third-order valence-corrected chi connectivity index (χ3v) is 4.26. The van der Waals surface area contributed by atoms with E-state index in [-0.39, 0.29) is 30.8 Å². The Morgan fingerprint density at radius 3 is 2.86 bits per heavy atom. The van der Waals surface area contributed by atoms with Gasteiger partial charge in [-0.2, -0.15) is 0 Å². The number of hydrogen-bond donors (Lipinski definition) is 1. The van der Waals surface area contributed by atoms with Crippen LogP contribution in [0.4, 0.5) is 4.79 Å². The summed E-state index contributed by atoms with van der Waals surface area (Å²) in [6.45, 7) is 0.271. The van der Waals surface area contributed by atoms with E-state index in [4.69, 9.17) is 14.2 Å². The van der Waals surface area contributed by atoms with Crippen molar-refractivity contribution in [2.75, 3.05) is 7.11 Å². The molecule has 5 nitrogen and oxygen atoms in total. The average Bonchev–Trinajstić information content (AvgIpc) is 3.14. The Bertz CT molecular complexity index is 531. The predicted octanol–water partition coefficient (Wildman–Crippen LogP) is 2.62. The zero-order valence-electron chi connectivity index (χ0n) is 12.6. The van der Waals surface area contributed by atoms with Crippen LogP contribution in [-0.4, -0.2) is 31.5 Å². The molecule has 2 aliphatic rings. The van der Waals surface area contributed by atoms with Gasteiger partial charge in [-0.05, 0) is 24.5 Å². The fourth-order valence-corrected chi connectivity index (χ4v) is 3.22. The van der Waals surface area contributed by atoms with Crippen LogP contribution < -0.4 is 5.32 Å². The van der Waals surface area contributed by atoms with Crippen LogP contribution >= 0.6 is 0 Å². The molecule has 2 heterocycles. The fraction of sp³-hybridized carbons (Fsp3) is 0.471. The number of ether oxygens (including phenoxy) is 3. The second-order valence-corrected chi connectivity index (χ2v) is 5.66. The highest BCUT2D eigenvalue weighted by Crippen LogP contribution is 2.39. The van der Waals surface area contributed by atoms with Crippen molar-refractivity contribution in [3.05, 3.63) is 48.2 Å². The van der Waals surface area contributed by atoms with Crippen molar-refractivity contribution in [2.45, 2.75) is 37.7 Å². The van der Waals surface area contributed by atoms with Gasteiger partial charge in [0.25, 0.3) is 0 Å². The van der Waals surface area contributed by atoms with E-state index < -0.39 is 6.09 Å². The molecule has 118 valence electrons. The largest absolute Gasteiger partial charge is 0.505 e. The number of fused-ring (bicyclic) bond motifs is 2. The minimum absolute atomic E-state index is 0.0478. The van der Waals surface area contributed by atoms with E-state index in [0.29, 0.717) is 0 Å². The summed E-state index contributed by atoms with van der Waals surface area (Å²) in [4.78, 5) is 12.0. The summed E-state index contributed by atoms with van der Waals surface area (Å²) in [5.41, 5.74) is 0.970. The van der Waals surface area contributed by atoms with Crippen molar-refractivity contribution < 1.29 is 19.0 Å². The maximum atomic E-state index is 12.0. The van der Waals surface area contributed by atoms with Crippen LogP contribution in [0, 0.1) is 5.92 Å². The van der Waals surface area contributed by atoms with Crippen LogP contribution in [0.1, 0.15) is 18.4 Å². The van der Waals surface area contributed by atoms with Crippen molar-refractivity contribution in [2.24, 2.45) is 5.92 Å². The van der Waals surface area contributed by atoms with Crippen molar-refractivity contribution >= 4 is 6.09 Å². The lowest BCUT2D eigenvalue weighted by Gasteiger charge is -2.26. The molecule has 0 spiro atoms. The second kappa shape index (κ2) is 6.83. The first-order valence-electron chi connectivity index (χ1n) is 7.60. The van der Waals surface area contributed by atoms with E-state index in [1.165, 1.54) is 0 Å². The third kappa shape index (κ3) is 3.25. The summed E-state index contributed by atoms with van der Waals surface area (Å²) in [5, 5.41) is 2.95. The van der Waals surface area contributed by atoms with Gasteiger partial charge in [0.15, 0.2) is 0 Å². The molecule has 1 amide bonds. The first kappa shape index (κ1) is 14.9. The number of rotatable bonds is 5. The fourth-order valence-electron chi connectivity index (χ4n) is 3.22. The summed E-state index contributed by atoms with van der Waals surface area (Å²) < 4.78 is 16.2. The molecule has 4 atom stereocenters. The molecule has 22 heavy (non-hydrogen) atoms. The highest BCUT2D eigenvalue weighted by Gasteiger charge is 2.48. The van der Waals surface area contributed by atoms with E-state index in [1.54, 1.807) is 13.4 Å². The molecule has 0 aliphatic carbocycles. The van der Waals surface area contributed by atoms with Gasteiger partial charge >= 0.3 is 6.09 Å². The Kier molecular flexibility index (Phi) is 4.63. The monoisotopic (exact) mass is 303 g/mol. The molecule has 2 saturated heterocycles. The van der Waals surface area contributed by atoms with Crippen molar-refractivity contribution in [1.82, 2.24) is 5.32 Å². The van der Waals surface area contributed by atoms with Gasteiger partial charge in [0.1, 0.15) is 6.61 Å². The van der Waals surface area contributed by atoms with Crippen LogP contribution in [0.3, 0.4) is 0 Å². The minimum Gasteiger partial charge on any atom is -0.505 e. The molecule has 5 heteroatoms. The molecular weight excluding hydrogens is 282 g/mol. The molecule has 2 aliphatic heterocycles. The number of carbonyl (C=O) groups excluding carboxylic acids is 1. The lowest BCUT2D eigenvalue weighted by Crippen LogP contribution is -2.46. The van der Waals surface area contributed by atoms with Gasteiger partial charge in [0, 0.05) is 5.92 Å². The van der Waals surface area contributed by atoms with E-state index in [9.17, 15) is 4.79 Å². The predicted molar refractivity (Wildman–Crippen MR) is 81.1 cm³/mol. The number of hydrogen-bond acceptors (Lipinski definition) is 4. The normalized spacial score (nSPS) is 29.7. The topological polar surface area (TPSA) is 56.8 Å². The molecule has 0 aromatic heterocycles. The molecular formula is C17H21NO4. The van der Waals surface area contributed by atoms with E-state index in [1.807, 2.05) is 36.4 Å². The van der Waals surface area contributed by atoms with Crippen LogP contribution in [-0.2, 0) is 20.8 Å². The van der Waals surface area contributed by atoms with Crippen molar-refractivity contribution in [1.29, 1.82) is 0 Å². The molecule has 0 saturated carbocycles. The maximum Gasteiger partial charge on any atom is 0.407 e. The van der Waals surface area contributed by atoms with Gasteiger partial charge in [0.2, 0.25) is 0 Å². The van der Waals surface area contributed by atoms with Crippen LogP contribution in [0.2, 0.25) is 0 Å². The number of benzene rings is 1. The van der Waals surface area contributed by atoms with Crippen molar-refractivity contribution in [3.63, 3.8) is 0 Å². The quantitative estimate of drug-likeness (QED) is 0.850. The number of methoxy groups -OCH3 is 1. The summed E-state index contributed by atoms with van der Waals surface area (Å²) in [5.74, 6) is 0.142. The lowest BCUT2D eigenvalue weighted by atomic mass is 9.84. The van der Waals surface area contributed by atoms with Crippen molar-refractivity contribution in [3.8, 4) is 0 Å². The van der Waals surface area contributed by atoms with E-state index in [2.05, 4.69) is 5.32 Å². The number of nitrogens with one attached hydrogen (secondary N) is 1. The number of alkyl carbamates (subject to hydrolysis) is 1. The van der Waals surface area contributed by atoms with Crippen LogP contribution in [0.15, 0.2) is 42.7 Å². The Labute approximate surface area is 130 Å². The van der Waals surface area contributed by atoms with E-state index >= 15 is 0 Å². The van der Waals surface area contributed by atoms with Gasteiger partial charge in [-0.3, -0.25) is 0 Å². The summed E-state index contributed by atoms with van der Waals surface area (Å²) in [7, 11) is 1.61. The molecule has 1 N–H and O–H groups in total. The van der Waals surface area contributed by atoms with Gasteiger partial charge in [-0.1, -0.05) is 30.3 Å². The highest BCUT2D eigenvalue weighted by atomic mass is 16.6. The van der Waals surface area contributed by atoms with E-state index in [0.717, 1.165) is 18.4 Å². The Morgan fingerprint density at radius 1 is 1.32 bits per heavy atom. The first-order chi connectivity index (χ1) is 10.8. The Morgan fingerprint density at radius 2 is 2.09 bits per heavy atom. The Balaban J connectivity index is 1.54. The summed E-state index contributed by atoms with van der Waals surface area (Å²) in [6, 6.07) is 9.59. The van der Waals surface area contributed by atoms with Gasteiger partial charge in [-0.25, -0.2) is 4.79 Å². The zero-order chi connectivity index (χ0) is 15.4. The second-order valence-electron chi connectivity index (χ2n) is 5.66. The minimum atomic E-state index is -0.402. The van der Waals surface area contributed by atoms with Gasteiger partial charge < -0.3 is 19.5 Å². The lowest BCUT2D eigenvalue weighted by molar-refractivity contribution is 0.0899. The molecule has 2 fully saturated rings. The maximum absolute atomic E-state index is 12.0. The molecule has 2 bridgehead atoms. The number of carbonyl (C=O) groups is 1. The standard InChI is InChI=1S/C17H21NO4/c1-20-10-9-13-14-7-8-15(22-14)16(13)18-17(19)21-11-12-5-3-2-4-6-12/h2-6,9-10,13-16H,7-8,11H2,1H3,(H,18,19). The first-order valence-corrected chi connectivity index (χ1v) is 7.60. The van der Waals surface area contributed by atoms with Crippen LogP contribution in [0.5, 0.6) is 0 Å². The number of amides is 1. The SMILES string of the molecule is COC=CC1C2CCC(O2)C1NC(=O)OCc1ccccc1. The molecule has 3 rings (SSSR count). The molecule has 1 aromatic rings. The molecule has 0 radical (unpaired) electrons. The highest BCUT2D eigenvalue weighted by molar-refractivity contribution is 5.68. The Hall–Kier alpha value is -2.01. The van der Waals surface area contributed by atoms with Gasteiger partial charge in [-0.15, -0.1) is 0 Å². The molecule has 4 unspecified atom stereocenters.